The van der Waals surface area contributed by atoms with Crippen LogP contribution in [0.1, 0.15) is 51.4 Å². The summed E-state index contributed by atoms with van der Waals surface area (Å²) >= 11 is 0. The third kappa shape index (κ3) is 3.18. The number of anilines is 2. The van der Waals surface area contributed by atoms with Gasteiger partial charge in [0.2, 0.25) is 11.8 Å². The van der Waals surface area contributed by atoms with Crippen LogP contribution in [0.25, 0.3) is 0 Å². The molecule has 3 amide bonds. The Morgan fingerprint density at radius 2 is 1.44 bits per heavy atom. The van der Waals surface area contributed by atoms with E-state index < -0.39 is 11.3 Å². The molecule has 4 aromatic carbocycles. The molecule has 1 fully saturated rings. The second kappa shape index (κ2) is 8.40. The molecule has 1 aliphatic heterocycles. The Bertz CT molecular complexity index is 1630. The van der Waals surface area contributed by atoms with Gasteiger partial charge >= 0.3 is 0 Å². The first-order valence-electron chi connectivity index (χ1n) is 13.0. The van der Waals surface area contributed by atoms with Gasteiger partial charge in [0.1, 0.15) is 5.75 Å². The fourth-order valence-electron chi connectivity index (χ4n) is 7.03. The zero-order valence-corrected chi connectivity index (χ0v) is 21.5. The zero-order valence-electron chi connectivity index (χ0n) is 21.5. The largest absolute Gasteiger partial charge is 0.497 e. The Kier molecular flexibility index (Phi) is 5.04. The van der Waals surface area contributed by atoms with Crippen molar-refractivity contribution < 1.29 is 19.1 Å². The molecular weight excluding hydrogens is 488 g/mol. The summed E-state index contributed by atoms with van der Waals surface area (Å²) in [5.41, 5.74) is 5.15. The molecule has 4 aromatic rings. The van der Waals surface area contributed by atoms with E-state index in [0.717, 1.165) is 22.3 Å². The lowest BCUT2D eigenvalue weighted by molar-refractivity contribution is -0.128. The lowest BCUT2D eigenvalue weighted by atomic mass is 9.48. The third-order valence-electron chi connectivity index (χ3n) is 8.73. The number of hydrogen-bond donors (Lipinski definition) is 1. The molecule has 3 aliphatic carbocycles. The molecule has 6 heteroatoms. The Morgan fingerprint density at radius 1 is 0.821 bits per heavy atom. The molecule has 2 bridgehead atoms. The van der Waals surface area contributed by atoms with Crippen LogP contribution < -0.4 is 15.0 Å². The van der Waals surface area contributed by atoms with Crippen LogP contribution >= 0.6 is 0 Å². The highest BCUT2D eigenvalue weighted by molar-refractivity contribution is 6.25. The van der Waals surface area contributed by atoms with Gasteiger partial charge in [-0.15, -0.1) is 0 Å². The molecule has 0 saturated carbocycles. The van der Waals surface area contributed by atoms with Crippen LogP contribution in [0.5, 0.6) is 5.75 Å². The molecule has 1 saturated heterocycles. The van der Waals surface area contributed by atoms with Gasteiger partial charge < -0.3 is 10.1 Å². The van der Waals surface area contributed by atoms with Crippen molar-refractivity contribution in [2.45, 2.75) is 18.8 Å². The Hall–Kier alpha value is -4.71. The van der Waals surface area contributed by atoms with Gasteiger partial charge in [-0.2, -0.15) is 0 Å². The van der Waals surface area contributed by atoms with Gasteiger partial charge in [0.05, 0.1) is 24.1 Å². The molecule has 0 radical (unpaired) electrons. The van der Waals surface area contributed by atoms with Crippen molar-refractivity contribution in [3.63, 3.8) is 0 Å². The smallest absolute Gasteiger partial charge is 0.255 e. The summed E-state index contributed by atoms with van der Waals surface area (Å²) in [6.07, 6.45) is 0. The van der Waals surface area contributed by atoms with Crippen molar-refractivity contribution in [3.8, 4) is 5.75 Å². The lowest BCUT2D eigenvalue weighted by Gasteiger charge is -2.51. The number of nitrogens with one attached hydrogen (secondary N) is 1. The number of imide groups is 1. The normalized spacial score (nSPS) is 24.2. The van der Waals surface area contributed by atoms with E-state index >= 15 is 0 Å². The summed E-state index contributed by atoms with van der Waals surface area (Å²) < 4.78 is 5.22. The zero-order chi connectivity index (χ0) is 26.9. The number of amides is 3. The van der Waals surface area contributed by atoms with Crippen molar-refractivity contribution in [1.82, 2.24) is 0 Å². The van der Waals surface area contributed by atoms with E-state index in [-0.39, 0.29) is 29.6 Å². The number of methoxy groups -OCH3 is 1. The molecule has 39 heavy (non-hydrogen) atoms. The summed E-state index contributed by atoms with van der Waals surface area (Å²) in [7, 11) is 1.57. The molecule has 192 valence electrons. The SMILES string of the molecule is COc1cccc(NC(=O)c2ccc(N3C(=O)[C@H]4C5c6ccccc6C(c6ccccc65)[C@@]4(C)C3=O)cc2)c1. The number of ether oxygens (including phenoxy) is 1. The number of hydrogen-bond acceptors (Lipinski definition) is 4. The highest BCUT2D eigenvalue weighted by atomic mass is 16.5. The Balaban J connectivity index is 1.23. The second-order valence-electron chi connectivity index (χ2n) is 10.6. The maximum absolute atomic E-state index is 14.2. The summed E-state index contributed by atoms with van der Waals surface area (Å²) in [5, 5.41) is 2.86. The van der Waals surface area contributed by atoms with Crippen LogP contribution in [0.2, 0.25) is 0 Å². The predicted molar refractivity (Wildman–Crippen MR) is 148 cm³/mol. The van der Waals surface area contributed by atoms with Gasteiger partial charge in [0.15, 0.2) is 0 Å². The molecule has 0 spiro atoms. The quantitative estimate of drug-likeness (QED) is 0.353. The average molecular weight is 515 g/mol. The van der Waals surface area contributed by atoms with Crippen molar-refractivity contribution in [2.24, 2.45) is 11.3 Å². The van der Waals surface area contributed by atoms with Crippen LogP contribution in [0.4, 0.5) is 11.4 Å². The van der Waals surface area contributed by atoms with Gasteiger partial charge in [-0.3, -0.25) is 14.4 Å². The maximum atomic E-state index is 14.2. The number of carbonyl (C=O) groups is 3. The number of rotatable bonds is 4. The van der Waals surface area contributed by atoms with E-state index in [0.29, 0.717) is 22.7 Å². The standard InChI is InChI=1S/C33H26N2O4/c1-33-28-25-12-5-3-10-23(25)27(24-11-4-6-13-26(24)28)29(33)31(37)35(32(33)38)21-16-14-19(15-17-21)30(36)34-20-8-7-9-22(18-20)39-2/h3-18,27-29H,1-2H3,(H,34,36)/t27?,28?,29-,33-/m1/s1. The molecule has 0 aromatic heterocycles. The predicted octanol–water partition coefficient (Wildman–Crippen LogP) is 5.73. The summed E-state index contributed by atoms with van der Waals surface area (Å²) in [6, 6.07) is 30.2. The molecule has 0 unspecified atom stereocenters. The van der Waals surface area contributed by atoms with Gasteiger partial charge in [0.25, 0.3) is 5.91 Å². The van der Waals surface area contributed by atoms with E-state index in [9.17, 15) is 14.4 Å². The van der Waals surface area contributed by atoms with Gasteiger partial charge in [-0.25, -0.2) is 4.90 Å². The van der Waals surface area contributed by atoms with E-state index in [1.807, 2.05) is 31.2 Å². The molecule has 8 rings (SSSR count). The number of nitrogens with zero attached hydrogens (tertiary/aromatic N) is 1. The van der Waals surface area contributed by atoms with E-state index in [4.69, 9.17) is 4.74 Å². The van der Waals surface area contributed by atoms with Crippen LogP contribution in [-0.4, -0.2) is 24.8 Å². The fraction of sp³-hybridized carbons (Fsp3) is 0.182. The maximum Gasteiger partial charge on any atom is 0.255 e. The van der Waals surface area contributed by atoms with Crippen molar-refractivity contribution in [2.75, 3.05) is 17.3 Å². The van der Waals surface area contributed by atoms with Crippen LogP contribution in [0.3, 0.4) is 0 Å². The van der Waals surface area contributed by atoms with Crippen molar-refractivity contribution in [3.05, 3.63) is 125 Å². The van der Waals surface area contributed by atoms with Crippen LogP contribution in [0.15, 0.2) is 97.1 Å². The topological polar surface area (TPSA) is 75.7 Å². The van der Waals surface area contributed by atoms with Gasteiger partial charge in [-0.1, -0.05) is 54.6 Å². The summed E-state index contributed by atoms with van der Waals surface area (Å²) in [4.78, 5) is 42.5. The third-order valence-corrected chi connectivity index (χ3v) is 8.73. The van der Waals surface area contributed by atoms with E-state index in [2.05, 4.69) is 29.6 Å². The first kappa shape index (κ1) is 23.4. The number of carbonyl (C=O) groups excluding carboxylic acids is 3. The minimum Gasteiger partial charge on any atom is -0.497 e. The molecule has 6 nitrogen and oxygen atoms in total. The monoisotopic (exact) mass is 514 g/mol. The molecular formula is C33H26N2O4. The van der Waals surface area contributed by atoms with E-state index in [1.54, 1.807) is 55.6 Å². The van der Waals surface area contributed by atoms with Crippen LogP contribution in [0, 0.1) is 11.3 Å². The molecule has 4 aliphatic rings. The lowest BCUT2D eigenvalue weighted by Crippen LogP contribution is -2.49. The summed E-state index contributed by atoms with van der Waals surface area (Å²) in [6.45, 7) is 1.96. The first-order chi connectivity index (χ1) is 18.9. The van der Waals surface area contributed by atoms with Crippen LogP contribution in [-0.2, 0) is 9.59 Å². The summed E-state index contributed by atoms with van der Waals surface area (Å²) in [5.74, 6) is -0.895. The van der Waals surface area contributed by atoms with Gasteiger partial charge in [-0.05, 0) is 65.6 Å². The first-order valence-corrected chi connectivity index (χ1v) is 13.0. The van der Waals surface area contributed by atoms with E-state index in [1.165, 1.54) is 4.90 Å². The second-order valence-corrected chi connectivity index (χ2v) is 10.6. The minimum absolute atomic E-state index is 0.179. The molecule has 2 atom stereocenters. The average Bonchev–Trinajstić information content (AvgIpc) is 3.18. The van der Waals surface area contributed by atoms with Gasteiger partial charge in [0, 0.05) is 29.2 Å². The number of benzene rings is 4. The van der Waals surface area contributed by atoms with Crippen molar-refractivity contribution in [1.29, 1.82) is 0 Å². The Morgan fingerprint density at radius 3 is 2.05 bits per heavy atom. The highest BCUT2D eigenvalue weighted by Gasteiger charge is 2.68. The molecule has 1 heterocycles. The molecule has 1 N–H and O–H groups in total. The Labute approximate surface area is 226 Å². The van der Waals surface area contributed by atoms with Crippen molar-refractivity contribution >= 4 is 29.1 Å². The minimum atomic E-state index is -0.896. The highest BCUT2D eigenvalue weighted by Crippen LogP contribution is 2.67. The fourth-order valence-corrected chi connectivity index (χ4v) is 7.03.